The molecule has 1 N–H and O–H groups in total. The van der Waals surface area contributed by atoms with E-state index in [9.17, 15) is 0 Å². The summed E-state index contributed by atoms with van der Waals surface area (Å²) in [6.07, 6.45) is 4.91. The molecule has 0 amide bonds. The molecule has 0 aliphatic carbocycles. The van der Waals surface area contributed by atoms with Crippen molar-refractivity contribution in [1.82, 2.24) is 15.1 Å². The van der Waals surface area contributed by atoms with Crippen LogP contribution in [-0.2, 0) is 7.05 Å². The Morgan fingerprint density at radius 1 is 1.39 bits per heavy atom. The van der Waals surface area contributed by atoms with Crippen molar-refractivity contribution in [2.45, 2.75) is 12.5 Å². The molecule has 1 aliphatic heterocycles. The van der Waals surface area contributed by atoms with Crippen LogP contribution in [0.25, 0.3) is 11.1 Å². The van der Waals surface area contributed by atoms with Crippen LogP contribution in [0, 0.1) is 0 Å². The maximum atomic E-state index is 5.76. The molecular formula is C14H17N3O. The molecule has 0 bridgehead atoms. The maximum Gasteiger partial charge on any atom is 0.124 e. The van der Waals surface area contributed by atoms with Crippen LogP contribution in [0.5, 0.6) is 5.75 Å². The molecule has 94 valence electrons. The van der Waals surface area contributed by atoms with E-state index in [1.54, 1.807) is 0 Å². The number of hydrogen-bond acceptors (Lipinski definition) is 3. The Morgan fingerprint density at radius 3 is 3.00 bits per heavy atom. The van der Waals surface area contributed by atoms with Crippen LogP contribution in [0.2, 0.25) is 0 Å². The van der Waals surface area contributed by atoms with Gasteiger partial charge in [0.05, 0.1) is 12.8 Å². The number of nitrogens with one attached hydrogen (secondary N) is 1. The average Bonchev–Trinajstić information content (AvgIpc) is 2.84. The number of fused-ring (bicyclic) bond motifs is 1. The monoisotopic (exact) mass is 243 g/mol. The number of ether oxygens (including phenoxy) is 1. The van der Waals surface area contributed by atoms with E-state index in [0.29, 0.717) is 6.04 Å². The van der Waals surface area contributed by atoms with E-state index in [1.165, 1.54) is 5.56 Å². The molecule has 1 atom stereocenters. The van der Waals surface area contributed by atoms with E-state index >= 15 is 0 Å². The van der Waals surface area contributed by atoms with Crippen molar-refractivity contribution in [3.05, 3.63) is 36.2 Å². The lowest BCUT2D eigenvalue weighted by molar-refractivity contribution is 0.257. The second-order valence-corrected chi connectivity index (χ2v) is 4.63. The van der Waals surface area contributed by atoms with Crippen molar-refractivity contribution in [3.8, 4) is 16.9 Å². The molecule has 1 aliphatic rings. The fraction of sp³-hybridized carbons (Fsp3) is 0.357. The van der Waals surface area contributed by atoms with Crippen LogP contribution in [0.15, 0.2) is 30.6 Å². The van der Waals surface area contributed by atoms with Crippen molar-refractivity contribution in [2.75, 3.05) is 13.7 Å². The molecule has 1 aromatic heterocycles. The smallest absolute Gasteiger partial charge is 0.124 e. The predicted octanol–water partition coefficient (Wildman–Crippen LogP) is 2.13. The Hall–Kier alpha value is -1.81. The fourth-order valence-corrected chi connectivity index (χ4v) is 2.44. The summed E-state index contributed by atoms with van der Waals surface area (Å²) in [6.45, 7) is 0.773. The van der Waals surface area contributed by atoms with Gasteiger partial charge in [-0.2, -0.15) is 5.10 Å². The van der Waals surface area contributed by atoms with Gasteiger partial charge in [-0.1, -0.05) is 12.1 Å². The Bertz CT molecular complexity index is 562. The van der Waals surface area contributed by atoms with Crippen LogP contribution < -0.4 is 10.1 Å². The van der Waals surface area contributed by atoms with E-state index in [-0.39, 0.29) is 0 Å². The summed E-state index contributed by atoms with van der Waals surface area (Å²) in [5, 5.41) is 7.53. The minimum atomic E-state index is 0.400. The molecule has 2 aromatic rings. The molecule has 0 fully saturated rings. The number of aromatic nitrogens is 2. The van der Waals surface area contributed by atoms with Crippen molar-refractivity contribution in [1.29, 1.82) is 0 Å². The molecule has 3 rings (SSSR count). The molecular weight excluding hydrogens is 226 g/mol. The highest BCUT2D eigenvalue weighted by atomic mass is 16.5. The minimum absolute atomic E-state index is 0.400. The zero-order chi connectivity index (χ0) is 12.5. The van der Waals surface area contributed by atoms with Gasteiger partial charge in [0.25, 0.3) is 0 Å². The largest absolute Gasteiger partial charge is 0.493 e. The second kappa shape index (κ2) is 4.46. The number of nitrogens with zero attached hydrogens (tertiary/aromatic N) is 2. The maximum absolute atomic E-state index is 5.76. The van der Waals surface area contributed by atoms with E-state index < -0.39 is 0 Å². The lowest BCUT2D eigenvalue weighted by atomic mass is 9.97. The molecule has 2 heterocycles. The normalized spacial score (nSPS) is 18.2. The molecule has 4 heteroatoms. The van der Waals surface area contributed by atoms with Gasteiger partial charge in [0.15, 0.2) is 0 Å². The summed E-state index contributed by atoms with van der Waals surface area (Å²) < 4.78 is 7.57. The van der Waals surface area contributed by atoms with Crippen LogP contribution in [-0.4, -0.2) is 23.4 Å². The zero-order valence-corrected chi connectivity index (χ0v) is 10.7. The molecule has 4 nitrogen and oxygen atoms in total. The van der Waals surface area contributed by atoms with Gasteiger partial charge < -0.3 is 10.1 Å². The minimum Gasteiger partial charge on any atom is -0.493 e. The highest BCUT2D eigenvalue weighted by Gasteiger charge is 2.20. The standard InChI is InChI=1S/C14H17N3O/c1-15-13-5-6-18-14-7-10(3-4-12(13)14)11-8-16-17(2)9-11/h3-4,7-9,13,15H,5-6H2,1-2H3/t13-/m1/s1. The van der Waals surface area contributed by atoms with Gasteiger partial charge >= 0.3 is 0 Å². The van der Waals surface area contributed by atoms with Crippen molar-refractivity contribution >= 4 is 0 Å². The van der Waals surface area contributed by atoms with Gasteiger partial charge in [-0.15, -0.1) is 0 Å². The van der Waals surface area contributed by atoms with Crippen molar-refractivity contribution in [3.63, 3.8) is 0 Å². The molecule has 0 saturated heterocycles. The summed E-state index contributed by atoms with van der Waals surface area (Å²) in [5.41, 5.74) is 3.52. The van der Waals surface area contributed by atoms with Gasteiger partial charge in [-0.3, -0.25) is 4.68 Å². The van der Waals surface area contributed by atoms with Crippen LogP contribution >= 0.6 is 0 Å². The summed E-state index contributed by atoms with van der Waals surface area (Å²) in [5.74, 6) is 0.988. The van der Waals surface area contributed by atoms with Gasteiger partial charge in [0, 0.05) is 36.8 Å². The Morgan fingerprint density at radius 2 is 2.28 bits per heavy atom. The molecule has 0 spiro atoms. The Labute approximate surface area is 107 Å². The fourth-order valence-electron chi connectivity index (χ4n) is 2.44. The topological polar surface area (TPSA) is 39.1 Å². The first-order chi connectivity index (χ1) is 8.78. The SMILES string of the molecule is CN[C@@H]1CCOc2cc(-c3cnn(C)c3)ccc21. The molecule has 0 saturated carbocycles. The van der Waals surface area contributed by atoms with Gasteiger partial charge in [0.2, 0.25) is 0 Å². The van der Waals surface area contributed by atoms with E-state index in [0.717, 1.165) is 29.9 Å². The van der Waals surface area contributed by atoms with Crippen LogP contribution in [0.1, 0.15) is 18.0 Å². The first-order valence-corrected chi connectivity index (χ1v) is 6.21. The lowest BCUT2D eigenvalue weighted by Gasteiger charge is -2.25. The van der Waals surface area contributed by atoms with Gasteiger partial charge in [-0.05, 0) is 18.7 Å². The van der Waals surface area contributed by atoms with Crippen LogP contribution in [0.3, 0.4) is 0 Å². The third-order valence-electron chi connectivity index (χ3n) is 3.44. The quantitative estimate of drug-likeness (QED) is 0.878. The third kappa shape index (κ3) is 1.88. The number of benzene rings is 1. The Kier molecular flexibility index (Phi) is 2.80. The van der Waals surface area contributed by atoms with E-state index in [2.05, 4.69) is 28.6 Å². The Balaban J connectivity index is 2.00. The van der Waals surface area contributed by atoms with Crippen molar-refractivity contribution < 1.29 is 4.74 Å². The molecule has 0 radical (unpaired) electrons. The summed E-state index contributed by atoms with van der Waals surface area (Å²) in [6, 6.07) is 6.79. The van der Waals surface area contributed by atoms with Crippen molar-refractivity contribution in [2.24, 2.45) is 7.05 Å². The second-order valence-electron chi connectivity index (χ2n) is 4.63. The zero-order valence-electron chi connectivity index (χ0n) is 10.7. The van der Waals surface area contributed by atoms with Gasteiger partial charge in [-0.25, -0.2) is 0 Å². The molecule has 0 unspecified atom stereocenters. The van der Waals surface area contributed by atoms with Gasteiger partial charge in [0.1, 0.15) is 5.75 Å². The lowest BCUT2D eigenvalue weighted by Crippen LogP contribution is -2.23. The predicted molar refractivity (Wildman–Crippen MR) is 70.6 cm³/mol. The first kappa shape index (κ1) is 11.3. The summed E-state index contributed by atoms with van der Waals surface area (Å²) in [4.78, 5) is 0. The molecule has 18 heavy (non-hydrogen) atoms. The molecule has 1 aromatic carbocycles. The summed E-state index contributed by atoms with van der Waals surface area (Å²) >= 11 is 0. The van der Waals surface area contributed by atoms with E-state index in [1.807, 2.05) is 31.2 Å². The highest BCUT2D eigenvalue weighted by Crippen LogP contribution is 2.35. The number of rotatable bonds is 2. The first-order valence-electron chi connectivity index (χ1n) is 6.21. The van der Waals surface area contributed by atoms with Crippen LogP contribution in [0.4, 0.5) is 0 Å². The average molecular weight is 243 g/mol. The highest BCUT2D eigenvalue weighted by molar-refractivity contribution is 5.65. The van der Waals surface area contributed by atoms with E-state index in [4.69, 9.17) is 4.74 Å². The number of hydrogen-bond donors (Lipinski definition) is 1. The summed E-state index contributed by atoms with van der Waals surface area (Å²) in [7, 11) is 3.92. The third-order valence-corrected chi connectivity index (χ3v) is 3.44. The number of aryl methyl sites for hydroxylation is 1.